The summed E-state index contributed by atoms with van der Waals surface area (Å²) in [6.07, 6.45) is 0.921. The fourth-order valence-corrected chi connectivity index (χ4v) is 1.90. The summed E-state index contributed by atoms with van der Waals surface area (Å²) in [5.41, 5.74) is -0.141. The summed E-state index contributed by atoms with van der Waals surface area (Å²) in [6, 6.07) is 0. The molecule has 5 nitrogen and oxygen atoms in total. The molecular weight excluding hydrogens is 208 g/mol. The smallest absolute Gasteiger partial charge is 0.248 e. The molecule has 2 rings (SSSR count). The van der Waals surface area contributed by atoms with Crippen molar-refractivity contribution in [2.75, 3.05) is 46.0 Å². The molecule has 0 aromatic rings. The van der Waals surface area contributed by atoms with Crippen LogP contribution in [0.5, 0.6) is 0 Å². The lowest BCUT2D eigenvalue weighted by Crippen LogP contribution is -2.59. The van der Waals surface area contributed by atoms with Crippen molar-refractivity contribution >= 4 is 5.91 Å². The summed E-state index contributed by atoms with van der Waals surface area (Å²) in [7, 11) is 0. The average Bonchev–Trinajstić information content (AvgIpc) is 2.51. The van der Waals surface area contributed by atoms with Gasteiger partial charge in [-0.2, -0.15) is 0 Å². The molecule has 0 atom stereocenters. The van der Waals surface area contributed by atoms with Crippen molar-refractivity contribution in [2.24, 2.45) is 0 Å². The summed E-state index contributed by atoms with van der Waals surface area (Å²) >= 11 is 0. The van der Waals surface area contributed by atoms with E-state index in [9.17, 15) is 4.79 Å². The van der Waals surface area contributed by atoms with Crippen LogP contribution in [0.3, 0.4) is 0 Å². The van der Waals surface area contributed by atoms with Crippen molar-refractivity contribution in [3.63, 3.8) is 0 Å². The van der Waals surface area contributed by atoms with Crippen LogP contribution in [0.2, 0.25) is 0 Å². The Kier molecular flexibility index (Phi) is 3.78. The zero-order chi connectivity index (χ0) is 11.4. The monoisotopic (exact) mass is 228 g/mol. The van der Waals surface area contributed by atoms with Crippen LogP contribution >= 0.6 is 0 Å². The Hall–Kier alpha value is -0.650. The van der Waals surface area contributed by atoms with Crippen molar-refractivity contribution in [1.82, 2.24) is 10.2 Å². The van der Waals surface area contributed by atoms with Crippen LogP contribution in [0.4, 0.5) is 0 Å². The minimum atomic E-state index is -0.141. The number of carbonyl (C=O) groups excluding carboxylic acids is 1. The second-order valence-electron chi connectivity index (χ2n) is 4.69. The molecule has 2 fully saturated rings. The quantitative estimate of drug-likeness (QED) is 0.715. The average molecular weight is 228 g/mol. The number of rotatable bonds is 3. The molecule has 0 saturated carbocycles. The molecule has 1 N–H and O–H groups in total. The zero-order valence-corrected chi connectivity index (χ0v) is 9.83. The van der Waals surface area contributed by atoms with E-state index < -0.39 is 0 Å². The predicted molar refractivity (Wildman–Crippen MR) is 59.2 cm³/mol. The lowest BCUT2D eigenvalue weighted by atomic mass is 10.0. The summed E-state index contributed by atoms with van der Waals surface area (Å²) < 4.78 is 10.9. The topological polar surface area (TPSA) is 50.8 Å². The Labute approximate surface area is 96.1 Å². The van der Waals surface area contributed by atoms with Crippen LogP contribution < -0.4 is 5.32 Å². The number of ether oxygens (including phenoxy) is 2. The third-order valence-corrected chi connectivity index (χ3v) is 3.12. The first-order valence-electron chi connectivity index (χ1n) is 5.90. The number of hydrogen-bond donors (Lipinski definition) is 1. The Morgan fingerprint density at radius 3 is 2.94 bits per heavy atom. The van der Waals surface area contributed by atoms with E-state index in [0.717, 1.165) is 32.7 Å². The fourth-order valence-electron chi connectivity index (χ4n) is 1.90. The maximum atomic E-state index is 11.9. The van der Waals surface area contributed by atoms with Gasteiger partial charge in [0.2, 0.25) is 5.91 Å². The molecule has 2 aliphatic rings. The Bertz CT molecular complexity index is 246. The second-order valence-corrected chi connectivity index (χ2v) is 4.69. The maximum Gasteiger partial charge on any atom is 0.248 e. The minimum absolute atomic E-state index is 0.0821. The van der Waals surface area contributed by atoms with Crippen LogP contribution in [0.1, 0.15) is 13.3 Å². The van der Waals surface area contributed by atoms with Gasteiger partial charge in [-0.25, -0.2) is 0 Å². The van der Waals surface area contributed by atoms with E-state index in [2.05, 4.69) is 5.32 Å². The molecule has 0 radical (unpaired) electrons. The summed E-state index contributed by atoms with van der Waals surface area (Å²) in [4.78, 5) is 13.7. The van der Waals surface area contributed by atoms with Crippen LogP contribution in [0.15, 0.2) is 0 Å². The highest BCUT2D eigenvalue weighted by atomic mass is 16.5. The van der Waals surface area contributed by atoms with E-state index in [4.69, 9.17) is 9.47 Å². The first kappa shape index (κ1) is 11.8. The number of hydrogen-bond acceptors (Lipinski definition) is 4. The van der Waals surface area contributed by atoms with Gasteiger partial charge in [-0.1, -0.05) is 0 Å². The summed E-state index contributed by atoms with van der Waals surface area (Å²) in [6.45, 7) is 6.78. The van der Waals surface area contributed by atoms with E-state index in [-0.39, 0.29) is 18.1 Å². The molecule has 0 aromatic heterocycles. The molecular formula is C11H20N2O3. The molecule has 2 saturated heterocycles. The molecule has 2 aliphatic heterocycles. The fraction of sp³-hybridized carbons (Fsp3) is 0.909. The molecule has 0 aliphatic carbocycles. The van der Waals surface area contributed by atoms with Crippen molar-refractivity contribution in [3.05, 3.63) is 0 Å². The first-order chi connectivity index (χ1) is 7.70. The van der Waals surface area contributed by atoms with Crippen molar-refractivity contribution in [2.45, 2.75) is 18.9 Å². The van der Waals surface area contributed by atoms with Crippen LogP contribution in [0.25, 0.3) is 0 Å². The summed E-state index contributed by atoms with van der Waals surface area (Å²) in [5.74, 6) is 0.0821. The zero-order valence-electron chi connectivity index (χ0n) is 9.83. The van der Waals surface area contributed by atoms with Gasteiger partial charge in [0.1, 0.15) is 6.61 Å². The molecule has 1 amide bonds. The Balaban J connectivity index is 1.73. The van der Waals surface area contributed by atoms with Gasteiger partial charge in [-0.05, 0) is 13.3 Å². The molecule has 16 heavy (non-hydrogen) atoms. The normalized spacial score (nSPS) is 24.7. The van der Waals surface area contributed by atoms with Crippen molar-refractivity contribution in [3.8, 4) is 0 Å². The van der Waals surface area contributed by atoms with Gasteiger partial charge in [-0.15, -0.1) is 0 Å². The summed E-state index contributed by atoms with van der Waals surface area (Å²) in [5, 5.41) is 3.15. The number of nitrogens with zero attached hydrogens (tertiary/aromatic N) is 1. The van der Waals surface area contributed by atoms with Crippen LogP contribution in [-0.2, 0) is 14.3 Å². The first-order valence-corrected chi connectivity index (χ1v) is 5.90. The number of nitrogens with one attached hydrogen (secondary N) is 1. The highest BCUT2D eigenvalue weighted by Gasteiger charge is 2.33. The van der Waals surface area contributed by atoms with Gasteiger partial charge in [0.05, 0.1) is 12.2 Å². The third kappa shape index (κ3) is 2.93. The van der Waals surface area contributed by atoms with Crippen LogP contribution in [-0.4, -0.2) is 62.4 Å². The van der Waals surface area contributed by atoms with Crippen LogP contribution in [0, 0.1) is 0 Å². The van der Waals surface area contributed by atoms with Crippen molar-refractivity contribution < 1.29 is 14.3 Å². The molecule has 0 aromatic carbocycles. The van der Waals surface area contributed by atoms with E-state index in [1.807, 2.05) is 11.8 Å². The molecule has 0 spiro atoms. The molecule has 5 heteroatoms. The van der Waals surface area contributed by atoms with Gasteiger partial charge in [-0.3, -0.25) is 4.79 Å². The second kappa shape index (κ2) is 5.12. The van der Waals surface area contributed by atoms with E-state index >= 15 is 0 Å². The van der Waals surface area contributed by atoms with Crippen molar-refractivity contribution in [1.29, 1.82) is 0 Å². The number of amides is 1. The number of carbonyl (C=O) groups is 1. The largest absolute Gasteiger partial charge is 0.380 e. The van der Waals surface area contributed by atoms with E-state index in [1.165, 1.54) is 0 Å². The third-order valence-electron chi connectivity index (χ3n) is 3.12. The molecule has 2 heterocycles. The lowest BCUT2D eigenvalue weighted by Gasteiger charge is -2.39. The van der Waals surface area contributed by atoms with Gasteiger partial charge in [0, 0.05) is 32.8 Å². The Morgan fingerprint density at radius 1 is 1.44 bits per heavy atom. The van der Waals surface area contributed by atoms with E-state index in [0.29, 0.717) is 13.2 Å². The van der Waals surface area contributed by atoms with Gasteiger partial charge < -0.3 is 19.7 Å². The lowest BCUT2D eigenvalue weighted by molar-refractivity contribution is -0.146. The standard InChI is InChI=1S/C11H20N2O3/c1-11(8-12-9-11)16-7-10(14)13-3-2-5-15-6-4-13/h12H,2-9H2,1H3. The Morgan fingerprint density at radius 2 is 2.25 bits per heavy atom. The maximum absolute atomic E-state index is 11.9. The van der Waals surface area contributed by atoms with E-state index in [1.54, 1.807) is 0 Å². The highest BCUT2D eigenvalue weighted by molar-refractivity contribution is 5.77. The van der Waals surface area contributed by atoms with Gasteiger partial charge in [0.15, 0.2) is 0 Å². The molecule has 0 bridgehead atoms. The molecule has 92 valence electrons. The predicted octanol–water partition coefficient (Wildman–Crippen LogP) is -0.386. The SMILES string of the molecule is CC1(OCC(=O)N2CCCOCC2)CNC1. The molecule has 0 unspecified atom stereocenters. The van der Waals surface area contributed by atoms with Gasteiger partial charge in [0.25, 0.3) is 0 Å². The highest BCUT2D eigenvalue weighted by Crippen LogP contribution is 2.15. The van der Waals surface area contributed by atoms with Gasteiger partial charge >= 0.3 is 0 Å². The minimum Gasteiger partial charge on any atom is -0.380 e.